The molecule has 1 rings (SSSR count). The van der Waals surface area contributed by atoms with Crippen LogP contribution in [0.3, 0.4) is 0 Å². The lowest BCUT2D eigenvalue weighted by Crippen LogP contribution is -2.48. The molecule has 7 heteroatoms. The van der Waals surface area contributed by atoms with Gasteiger partial charge in [0.05, 0.1) is 0 Å². The quantitative estimate of drug-likeness (QED) is 0.610. The molecule has 0 saturated carbocycles. The molecule has 3 N–H and O–H groups in total. The zero-order valence-electron chi connectivity index (χ0n) is 8.35. The Kier molecular flexibility index (Phi) is 3.83. The van der Waals surface area contributed by atoms with Gasteiger partial charge in [-0.15, -0.1) is 0 Å². The third kappa shape index (κ3) is 3.61. The SMILES string of the molecule is C=CC(=O)NC1CCN(S(N)(=O)=O)CC1. The summed E-state index contributed by atoms with van der Waals surface area (Å²) < 4.78 is 23.2. The van der Waals surface area contributed by atoms with E-state index in [1.807, 2.05) is 0 Å². The highest BCUT2D eigenvalue weighted by atomic mass is 32.2. The maximum absolute atomic E-state index is 11.0. The van der Waals surface area contributed by atoms with Gasteiger partial charge in [-0.05, 0) is 18.9 Å². The van der Waals surface area contributed by atoms with Crippen LogP contribution in [0.15, 0.2) is 12.7 Å². The van der Waals surface area contributed by atoms with E-state index in [-0.39, 0.29) is 11.9 Å². The van der Waals surface area contributed by atoms with Gasteiger partial charge >= 0.3 is 0 Å². The molecule has 0 spiro atoms. The van der Waals surface area contributed by atoms with Crippen molar-refractivity contribution in [2.45, 2.75) is 18.9 Å². The van der Waals surface area contributed by atoms with Crippen LogP contribution >= 0.6 is 0 Å². The van der Waals surface area contributed by atoms with Crippen LogP contribution in [-0.4, -0.2) is 37.8 Å². The number of nitrogens with one attached hydrogen (secondary N) is 1. The van der Waals surface area contributed by atoms with Gasteiger partial charge in [-0.25, -0.2) is 5.14 Å². The lowest BCUT2D eigenvalue weighted by molar-refractivity contribution is -0.117. The summed E-state index contributed by atoms with van der Waals surface area (Å²) in [5, 5.41) is 7.70. The number of carbonyl (C=O) groups is 1. The second-order valence-electron chi connectivity index (χ2n) is 3.43. The predicted octanol–water partition coefficient (Wildman–Crippen LogP) is -1.04. The lowest BCUT2D eigenvalue weighted by atomic mass is 10.1. The van der Waals surface area contributed by atoms with Crippen molar-refractivity contribution in [1.29, 1.82) is 0 Å². The molecule has 86 valence electrons. The average molecular weight is 233 g/mol. The van der Waals surface area contributed by atoms with Crippen molar-refractivity contribution in [1.82, 2.24) is 9.62 Å². The van der Waals surface area contributed by atoms with E-state index in [0.29, 0.717) is 25.9 Å². The highest BCUT2D eigenvalue weighted by Crippen LogP contribution is 2.11. The van der Waals surface area contributed by atoms with Gasteiger partial charge < -0.3 is 5.32 Å². The van der Waals surface area contributed by atoms with Crippen molar-refractivity contribution in [3.8, 4) is 0 Å². The Hall–Kier alpha value is -0.920. The van der Waals surface area contributed by atoms with Crippen molar-refractivity contribution in [2.75, 3.05) is 13.1 Å². The molecule has 0 aromatic heterocycles. The van der Waals surface area contributed by atoms with Crippen LogP contribution in [0.5, 0.6) is 0 Å². The van der Waals surface area contributed by atoms with Crippen LogP contribution in [0, 0.1) is 0 Å². The highest BCUT2D eigenvalue weighted by Gasteiger charge is 2.25. The topological polar surface area (TPSA) is 92.5 Å². The summed E-state index contributed by atoms with van der Waals surface area (Å²) in [6.45, 7) is 4.04. The van der Waals surface area contributed by atoms with Gasteiger partial charge in [0, 0.05) is 19.1 Å². The van der Waals surface area contributed by atoms with Crippen molar-refractivity contribution in [3.63, 3.8) is 0 Å². The summed E-state index contributed by atoms with van der Waals surface area (Å²) in [4.78, 5) is 11.0. The standard InChI is InChI=1S/C8H15N3O3S/c1-2-8(12)10-7-3-5-11(6-4-7)15(9,13)14/h2,7H,1,3-6H2,(H,10,12)(H2,9,13,14). The smallest absolute Gasteiger partial charge is 0.276 e. The molecule has 1 saturated heterocycles. The molecule has 0 unspecified atom stereocenters. The Morgan fingerprint density at radius 2 is 2.00 bits per heavy atom. The van der Waals surface area contributed by atoms with E-state index in [0.717, 1.165) is 0 Å². The molecule has 0 aliphatic carbocycles. The zero-order valence-corrected chi connectivity index (χ0v) is 9.16. The van der Waals surface area contributed by atoms with Crippen LogP contribution in [0.25, 0.3) is 0 Å². The molecule has 1 heterocycles. The largest absolute Gasteiger partial charge is 0.350 e. The first kappa shape index (κ1) is 12.2. The number of amides is 1. The summed E-state index contributed by atoms with van der Waals surface area (Å²) >= 11 is 0. The fourth-order valence-corrected chi connectivity index (χ4v) is 2.23. The molecular weight excluding hydrogens is 218 g/mol. The molecule has 1 aliphatic rings. The first-order valence-corrected chi connectivity index (χ1v) is 6.14. The van der Waals surface area contributed by atoms with Crippen molar-refractivity contribution < 1.29 is 13.2 Å². The van der Waals surface area contributed by atoms with E-state index >= 15 is 0 Å². The average Bonchev–Trinajstić information content (AvgIpc) is 2.17. The van der Waals surface area contributed by atoms with Gasteiger partial charge in [0.1, 0.15) is 0 Å². The second kappa shape index (κ2) is 4.73. The molecule has 1 aliphatic heterocycles. The maximum atomic E-state index is 11.0. The number of piperidine rings is 1. The fourth-order valence-electron chi connectivity index (χ4n) is 1.51. The monoisotopic (exact) mass is 233 g/mol. The van der Waals surface area contributed by atoms with E-state index in [1.165, 1.54) is 10.4 Å². The molecule has 6 nitrogen and oxygen atoms in total. The van der Waals surface area contributed by atoms with Gasteiger partial charge in [0.2, 0.25) is 5.91 Å². The minimum absolute atomic E-state index is 0.00787. The van der Waals surface area contributed by atoms with Crippen LogP contribution in [0.1, 0.15) is 12.8 Å². The Labute approximate surface area is 89.3 Å². The third-order valence-corrected chi connectivity index (χ3v) is 3.43. The van der Waals surface area contributed by atoms with E-state index < -0.39 is 10.2 Å². The summed E-state index contributed by atoms with van der Waals surface area (Å²) in [7, 11) is -3.58. The molecule has 0 aromatic carbocycles. The lowest BCUT2D eigenvalue weighted by Gasteiger charge is -2.29. The van der Waals surface area contributed by atoms with E-state index in [4.69, 9.17) is 5.14 Å². The van der Waals surface area contributed by atoms with Crippen LogP contribution in [-0.2, 0) is 15.0 Å². The Morgan fingerprint density at radius 1 is 1.47 bits per heavy atom. The number of carbonyl (C=O) groups excluding carboxylic acids is 1. The van der Waals surface area contributed by atoms with Crippen molar-refractivity contribution in [2.24, 2.45) is 5.14 Å². The summed E-state index contributed by atoms with van der Waals surface area (Å²) in [6.07, 6.45) is 2.36. The number of hydrogen-bond donors (Lipinski definition) is 2. The number of hydrogen-bond acceptors (Lipinski definition) is 3. The summed E-state index contributed by atoms with van der Waals surface area (Å²) in [6, 6.07) is 0.00787. The molecule has 1 fully saturated rings. The minimum atomic E-state index is -3.58. The number of nitrogens with two attached hydrogens (primary N) is 1. The van der Waals surface area contributed by atoms with Gasteiger partial charge in [-0.2, -0.15) is 12.7 Å². The van der Waals surface area contributed by atoms with Crippen LogP contribution in [0.4, 0.5) is 0 Å². The Balaban J connectivity index is 2.43. The van der Waals surface area contributed by atoms with E-state index in [2.05, 4.69) is 11.9 Å². The Morgan fingerprint density at radius 3 is 2.40 bits per heavy atom. The van der Waals surface area contributed by atoms with Crippen molar-refractivity contribution >= 4 is 16.1 Å². The first-order valence-electron chi connectivity index (χ1n) is 4.64. The maximum Gasteiger partial charge on any atom is 0.276 e. The van der Waals surface area contributed by atoms with Gasteiger partial charge in [-0.3, -0.25) is 4.79 Å². The van der Waals surface area contributed by atoms with Crippen LogP contribution in [0.2, 0.25) is 0 Å². The van der Waals surface area contributed by atoms with Gasteiger partial charge in [0.15, 0.2) is 0 Å². The molecule has 0 bridgehead atoms. The normalized spacial score (nSPS) is 19.8. The number of nitrogens with zero attached hydrogens (tertiary/aromatic N) is 1. The molecule has 0 atom stereocenters. The fraction of sp³-hybridized carbons (Fsp3) is 0.625. The zero-order chi connectivity index (χ0) is 11.5. The number of rotatable bonds is 3. The molecule has 1 amide bonds. The Bertz CT molecular complexity index is 344. The van der Waals surface area contributed by atoms with Crippen LogP contribution < -0.4 is 10.5 Å². The summed E-state index contributed by atoms with van der Waals surface area (Å²) in [5.41, 5.74) is 0. The van der Waals surface area contributed by atoms with Gasteiger partial charge in [-0.1, -0.05) is 6.58 Å². The summed E-state index contributed by atoms with van der Waals surface area (Å²) in [5.74, 6) is -0.232. The molecule has 0 aromatic rings. The third-order valence-electron chi connectivity index (χ3n) is 2.35. The van der Waals surface area contributed by atoms with Crippen molar-refractivity contribution in [3.05, 3.63) is 12.7 Å². The van der Waals surface area contributed by atoms with E-state index in [1.54, 1.807) is 0 Å². The van der Waals surface area contributed by atoms with Gasteiger partial charge in [0.25, 0.3) is 10.2 Å². The molecular formula is C8H15N3O3S. The van der Waals surface area contributed by atoms with E-state index in [9.17, 15) is 13.2 Å². The minimum Gasteiger partial charge on any atom is -0.350 e. The highest BCUT2D eigenvalue weighted by molar-refractivity contribution is 7.86. The molecule has 0 radical (unpaired) electrons. The first-order chi connectivity index (χ1) is 6.93. The molecule has 15 heavy (non-hydrogen) atoms. The second-order valence-corrected chi connectivity index (χ2v) is 4.98. The predicted molar refractivity (Wildman–Crippen MR) is 56.0 cm³/mol.